The van der Waals surface area contributed by atoms with Gasteiger partial charge in [-0.1, -0.05) is 23.7 Å². The summed E-state index contributed by atoms with van der Waals surface area (Å²) in [5.41, 5.74) is 0.546. The van der Waals surface area contributed by atoms with Crippen LogP contribution in [0.2, 0.25) is 5.02 Å². The van der Waals surface area contributed by atoms with Crippen LogP contribution in [0.3, 0.4) is 0 Å². The van der Waals surface area contributed by atoms with Gasteiger partial charge in [-0.25, -0.2) is 0 Å². The Hall–Kier alpha value is -1.59. The number of benzene rings is 1. The molecular formula is C17H23ClN2O3. The predicted octanol–water partition coefficient (Wildman–Crippen LogP) is 2.34. The fourth-order valence-electron chi connectivity index (χ4n) is 2.77. The maximum atomic E-state index is 12.5. The van der Waals surface area contributed by atoms with Crippen molar-refractivity contribution in [1.82, 2.24) is 10.2 Å². The summed E-state index contributed by atoms with van der Waals surface area (Å²) in [6.45, 7) is 2.40. The van der Waals surface area contributed by atoms with Crippen LogP contribution in [-0.2, 0) is 9.53 Å². The zero-order valence-corrected chi connectivity index (χ0v) is 14.1. The molecule has 1 heterocycles. The largest absolute Gasteiger partial charge is 0.383 e. The first kappa shape index (κ1) is 17.8. The van der Waals surface area contributed by atoms with Crippen LogP contribution in [0.15, 0.2) is 24.3 Å². The summed E-state index contributed by atoms with van der Waals surface area (Å²) in [6.07, 6.45) is 2.19. The van der Waals surface area contributed by atoms with Gasteiger partial charge in [0.05, 0.1) is 17.2 Å². The minimum absolute atomic E-state index is 0.0291. The standard InChI is InChI=1S/C17H23ClN2O3/c1-23-11-8-19-16(21)12-13-6-9-20(10-7-13)17(22)14-4-2-3-5-15(14)18/h2-5,13H,6-12H2,1H3,(H,19,21). The van der Waals surface area contributed by atoms with Crippen molar-refractivity contribution < 1.29 is 14.3 Å². The van der Waals surface area contributed by atoms with Gasteiger partial charge in [-0.15, -0.1) is 0 Å². The predicted molar refractivity (Wildman–Crippen MR) is 89.6 cm³/mol. The molecular weight excluding hydrogens is 316 g/mol. The number of ether oxygens (including phenoxy) is 1. The zero-order chi connectivity index (χ0) is 16.7. The van der Waals surface area contributed by atoms with Gasteiger partial charge in [-0.3, -0.25) is 9.59 Å². The fourth-order valence-corrected chi connectivity index (χ4v) is 2.99. The number of likely N-dealkylation sites (tertiary alicyclic amines) is 1. The molecule has 0 bridgehead atoms. The summed E-state index contributed by atoms with van der Waals surface area (Å²) in [6, 6.07) is 7.11. The van der Waals surface area contributed by atoms with E-state index in [1.807, 2.05) is 17.0 Å². The zero-order valence-electron chi connectivity index (χ0n) is 13.4. The number of carbonyl (C=O) groups excluding carboxylic acids is 2. The van der Waals surface area contributed by atoms with Gasteiger partial charge in [0, 0.05) is 33.2 Å². The average molecular weight is 339 g/mol. The van der Waals surface area contributed by atoms with Gasteiger partial charge in [-0.2, -0.15) is 0 Å². The van der Waals surface area contributed by atoms with E-state index in [1.54, 1.807) is 19.2 Å². The number of methoxy groups -OCH3 is 1. The van der Waals surface area contributed by atoms with Gasteiger partial charge in [0.15, 0.2) is 0 Å². The molecule has 0 aliphatic carbocycles. The molecule has 1 aromatic carbocycles. The summed E-state index contributed by atoms with van der Waals surface area (Å²) >= 11 is 6.09. The topological polar surface area (TPSA) is 58.6 Å². The molecule has 0 aromatic heterocycles. The lowest BCUT2D eigenvalue weighted by Gasteiger charge is -2.32. The van der Waals surface area contributed by atoms with Crippen LogP contribution < -0.4 is 5.32 Å². The van der Waals surface area contributed by atoms with Gasteiger partial charge in [0.1, 0.15) is 0 Å². The van der Waals surface area contributed by atoms with E-state index < -0.39 is 0 Å². The van der Waals surface area contributed by atoms with E-state index >= 15 is 0 Å². The Morgan fingerprint density at radius 2 is 2.00 bits per heavy atom. The Morgan fingerprint density at radius 3 is 2.65 bits per heavy atom. The number of nitrogens with zero attached hydrogens (tertiary/aromatic N) is 1. The number of hydrogen-bond donors (Lipinski definition) is 1. The van der Waals surface area contributed by atoms with Crippen LogP contribution in [0, 0.1) is 5.92 Å². The van der Waals surface area contributed by atoms with Crippen LogP contribution in [-0.4, -0.2) is 50.1 Å². The number of hydrogen-bond acceptors (Lipinski definition) is 3. The van der Waals surface area contributed by atoms with E-state index in [9.17, 15) is 9.59 Å². The quantitative estimate of drug-likeness (QED) is 0.810. The SMILES string of the molecule is COCCNC(=O)CC1CCN(C(=O)c2ccccc2Cl)CC1. The van der Waals surface area contributed by atoms with Crippen molar-refractivity contribution in [2.45, 2.75) is 19.3 Å². The maximum Gasteiger partial charge on any atom is 0.255 e. The molecule has 126 valence electrons. The van der Waals surface area contributed by atoms with E-state index in [0.29, 0.717) is 49.2 Å². The number of carbonyl (C=O) groups is 2. The van der Waals surface area contributed by atoms with Crippen LogP contribution in [0.1, 0.15) is 29.6 Å². The van der Waals surface area contributed by atoms with Gasteiger partial charge in [-0.05, 0) is 30.9 Å². The molecule has 1 aromatic rings. The second-order valence-corrected chi connectivity index (χ2v) is 6.17. The molecule has 2 amide bonds. The molecule has 0 spiro atoms. The molecule has 1 N–H and O–H groups in total. The van der Waals surface area contributed by atoms with E-state index in [1.165, 1.54) is 0 Å². The van der Waals surface area contributed by atoms with Crippen LogP contribution in [0.25, 0.3) is 0 Å². The van der Waals surface area contributed by atoms with Crippen molar-refractivity contribution in [3.63, 3.8) is 0 Å². The average Bonchev–Trinajstić information content (AvgIpc) is 2.56. The molecule has 23 heavy (non-hydrogen) atoms. The highest BCUT2D eigenvalue weighted by Gasteiger charge is 2.25. The molecule has 0 atom stereocenters. The number of amides is 2. The van der Waals surface area contributed by atoms with Crippen molar-refractivity contribution >= 4 is 23.4 Å². The van der Waals surface area contributed by atoms with Crippen LogP contribution >= 0.6 is 11.6 Å². The first-order valence-electron chi connectivity index (χ1n) is 7.91. The highest BCUT2D eigenvalue weighted by atomic mass is 35.5. The van der Waals surface area contributed by atoms with Crippen molar-refractivity contribution in [2.75, 3.05) is 33.4 Å². The van der Waals surface area contributed by atoms with Crippen molar-refractivity contribution in [2.24, 2.45) is 5.92 Å². The van der Waals surface area contributed by atoms with Crippen molar-refractivity contribution in [3.8, 4) is 0 Å². The Bertz CT molecular complexity index is 542. The molecule has 0 radical (unpaired) electrons. The molecule has 1 saturated heterocycles. The third-order valence-electron chi connectivity index (χ3n) is 4.11. The molecule has 1 fully saturated rings. The first-order valence-corrected chi connectivity index (χ1v) is 8.29. The Balaban J connectivity index is 1.79. The Kier molecular flexibility index (Phi) is 6.86. The number of rotatable bonds is 6. The van der Waals surface area contributed by atoms with E-state index in [4.69, 9.17) is 16.3 Å². The summed E-state index contributed by atoms with van der Waals surface area (Å²) < 4.78 is 4.90. The van der Waals surface area contributed by atoms with Crippen LogP contribution in [0.4, 0.5) is 0 Å². The first-order chi connectivity index (χ1) is 11.1. The third-order valence-corrected chi connectivity index (χ3v) is 4.44. The summed E-state index contributed by atoms with van der Waals surface area (Å²) in [5.74, 6) is 0.351. The molecule has 1 aliphatic heterocycles. The minimum Gasteiger partial charge on any atom is -0.383 e. The monoisotopic (exact) mass is 338 g/mol. The molecule has 6 heteroatoms. The molecule has 2 rings (SSSR count). The van der Waals surface area contributed by atoms with Gasteiger partial charge < -0.3 is 15.0 Å². The number of halogens is 1. The highest BCUT2D eigenvalue weighted by Crippen LogP contribution is 2.24. The van der Waals surface area contributed by atoms with E-state index in [2.05, 4.69) is 5.32 Å². The van der Waals surface area contributed by atoms with Crippen LogP contribution in [0.5, 0.6) is 0 Å². The molecule has 0 saturated carbocycles. The second kappa shape index (κ2) is 8.89. The molecule has 5 nitrogen and oxygen atoms in total. The fraction of sp³-hybridized carbons (Fsp3) is 0.529. The lowest BCUT2D eigenvalue weighted by molar-refractivity contribution is -0.122. The number of piperidine rings is 1. The van der Waals surface area contributed by atoms with E-state index in [-0.39, 0.29) is 11.8 Å². The lowest BCUT2D eigenvalue weighted by Crippen LogP contribution is -2.40. The number of nitrogens with one attached hydrogen (secondary N) is 1. The van der Waals surface area contributed by atoms with Gasteiger partial charge in [0.2, 0.25) is 5.91 Å². The summed E-state index contributed by atoms with van der Waals surface area (Å²) in [4.78, 5) is 26.1. The highest BCUT2D eigenvalue weighted by molar-refractivity contribution is 6.33. The second-order valence-electron chi connectivity index (χ2n) is 5.76. The Labute approximate surface area is 141 Å². The van der Waals surface area contributed by atoms with Gasteiger partial charge >= 0.3 is 0 Å². The van der Waals surface area contributed by atoms with Gasteiger partial charge in [0.25, 0.3) is 5.91 Å². The van der Waals surface area contributed by atoms with Crippen molar-refractivity contribution in [1.29, 1.82) is 0 Å². The van der Waals surface area contributed by atoms with Crippen molar-refractivity contribution in [3.05, 3.63) is 34.9 Å². The molecule has 0 unspecified atom stereocenters. The summed E-state index contributed by atoms with van der Waals surface area (Å²) in [5, 5.41) is 3.32. The lowest BCUT2D eigenvalue weighted by atomic mass is 9.93. The summed E-state index contributed by atoms with van der Waals surface area (Å²) in [7, 11) is 1.61. The third kappa shape index (κ3) is 5.22. The Morgan fingerprint density at radius 1 is 1.30 bits per heavy atom. The normalized spacial score (nSPS) is 15.5. The van der Waals surface area contributed by atoms with E-state index in [0.717, 1.165) is 12.8 Å². The minimum atomic E-state index is -0.0291. The maximum absolute atomic E-state index is 12.5. The molecule has 1 aliphatic rings. The smallest absolute Gasteiger partial charge is 0.255 e.